The van der Waals surface area contributed by atoms with Gasteiger partial charge in [0.1, 0.15) is 5.69 Å². The average molecular weight is 387 g/mol. The van der Waals surface area contributed by atoms with E-state index in [0.717, 1.165) is 43.4 Å². The number of rotatable bonds is 5. The van der Waals surface area contributed by atoms with E-state index in [1.807, 2.05) is 30.3 Å². The van der Waals surface area contributed by atoms with Gasteiger partial charge in [-0.3, -0.25) is 14.2 Å². The zero-order valence-electron chi connectivity index (χ0n) is 16.4. The number of amides is 1. The molecule has 2 heterocycles. The van der Waals surface area contributed by atoms with Crippen molar-refractivity contribution in [3.8, 4) is 0 Å². The van der Waals surface area contributed by atoms with Gasteiger partial charge < -0.3 is 10.6 Å². The zero-order chi connectivity index (χ0) is 20.4. The summed E-state index contributed by atoms with van der Waals surface area (Å²) in [4.78, 5) is 27.1. The number of para-hydroxylation sites is 1. The van der Waals surface area contributed by atoms with Crippen molar-refractivity contribution in [2.24, 2.45) is 11.7 Å². The molecule has 5 nitrogen and oxygen atoms in total. The van der Waals surface area contributed by atoms with Gasteiger partial charge in [-0.25, -0.2) is 0 Å². The third kappa shape index (κ3) is 3.56. The Morgan fingerprint density at radius 1 is 1.03 bits per heavy atom. The van der Waals surface area contributed by atoms with Gasteiger partial charge in [-0.15, -0.1) is 0 Å². The van der Waals surface area contributed by atoms with Crippen molar-refractivity contribution in [1.29, 1.82) is 0 Å². The second kappa shape index (κ2) is 7.95. The summed E-state index contributed by atoms with van der Waals surface area (Å²) >= 11 is 0. The summed E-state index contributed by atoms with van der Waals surface area (Å²) < 4.78 is 1.40. The molecular weight excluding hydrogens is 362 g/mol. The Labute approximate surface area is 170 Å². The van der Waals surface area contributed by atoms with Crippen molar-refractivity contribution in [3.05, 3.63) is 78.5 Å². The van der Waals surface area contributed by atoms with Gasteiger partial charge in [-0.1, -0.05) is 55.1 Å². The number of aromatic nitrogens is 1. The lowest BCUT2D eigenvalue weighted by Crippen LogP contribution is -2.36. The first kappa shape index (κ1) is 19.0. The molecule has 0 unspecified atom stereocenters. The maximum absolute atomic E-state index is 12.5. The van der Waals surface area contributed by atoms with E-state index in [4.69, 9.17) is 5.73 Å². The van der Waals surface area contributed by atoms with E-state index in [-0.39, 0.29) is 11.6 Å². The number of carbonyl (C=O) groups is 2. The normalized spacial score (nSPS) is 14.8. The summed E-state index contributed by atoms with van der Waals surface area (Å²) in [6.45, 7) is 5.23. The van der Waals surface area contributed by atoms with Crippen molar-refractivity contribution >= 4 is 28.4 Å². The third-order valence-electron chi connectivity index (χ3n) is 5.77. The number of piperidine rings is 1. The van der Waals surface area contributed by atoms with Gasteiger partial charge in [0.15, 0.2) is 0 Å². The molecule has 0 spiro atoms. The summed E-state index contributed by atoms with van der Waals surface area (Å²) in [5.41, 5.74) is 8.79. The molecule has 1 aliphatic rings. The molecule has 0 radical (unpaired) electrons. The van der Waals surface area contributed by atoms with Gasteiger partial charge in [0.2, 0.25) is 0 Å². The molecule has 2 aromatic carbocycles. The van der Waals surface area contributed by atoms with Crippen LogP contribution >= 0.6 is 0 Å². The van der Waals surface area contributed by atoms with Gasteiger partial charge in [0, 0.05) is 18.5 Å². The molecule has 29 heavy (non-hydrogen) atoms. The highest BCUT2D eigenvalue weighted by atomic mass is 16.2. The number of allylic oxidation sites excluding steroid dienone is 1. The lowest BCUT2D eigenvalue weighted by molar-refractivity contribution is 0.0933. The lowest BCUT2D eigenvalue weighted by atomic mass is 9.90. The first-order valence-corrected chi connectivity index (χ1v) is 9.99. The Morgan fingerprint density at radius 2 is 1.69 bits per heavy atom. The fourth-order valence-electron chi connectivity index (χ4n) is 4.40. The SMILES string of the molecule is C=CC(=O)n1c(C(N)=O)c(N2CCC(Cc3ccccc3)CC2)c2ccccc21. The standard InChI is InChI=1S/C24H25N3O2/c1-2-21(28)27-20-11-7-6-10-19(20)22(23(27)24(25)29)26-14-12-18(13-15-26)16-17-8-4-3-5-9-17/h2-11,18H,1,12-16H2,(H2,25,29). The number of hydrogen-bond donors (Lipinski definition) is 1. The minimum Gasteiger partial charge on any atom is -0.369 e. The molecular formula is C24H25N3O2. The van der Waals surface area contributed by atoms with Gasteiger partial charge in [0.25, 0.3) is 11.8 Å². The fourth-order valence-corrected chi connectivity index (χ4v) is 4.40. The minimum atomic E-state index is -0.599. The van der Waals surface area contributed by atoms with Crippen LogP contribution < -0.4 is 10.6 Å². The highest BCUT2D eigenvalue weighted by Crippen LogP contribution is 2.36. The van der Waals surface area contributed by atoms with Crippen LogP contribution in [0, 0.1) is 5.92 Å². The second-order valence-corrected chi connectivity index (χ2v) is 7.58. The number of carbonyl (C=O) groups excluding carboxylic acids is 2. The van der Waals surface area contributed by atoms with Gasteiger partial charge >= 0.3 is 0 Å². The minimum absolute atomic E-state index is 0.248. The molecule has 0 saturated carbocycles. The number of anilines is 1. The molecule has 5 heteroatoms. The zero-order valence-corrected chi connectivity index (χ0v) is 16.4. The van der Waals surface area contributed by atoms with Crippen molar-refractivity contribution in [3.63, 3.8) is 0 Å². The first-order chi connectivity index (χ1) is 14.1. The predicted octanol–water partition coefficient (Wildman–Crippen LogP) is 4.03. The van der Waals surface area contributed by atoms with Crippen molar-refractivity contribution < 1.29 is 9.59 Å². The molecule has 0 aliphatic carbocycles. The number of primary amides is 1. The first-order valence-electron chi connectivity index (χ1n) is 9.99. The molecule has 1 fully saturated rings. The van der Waals surface area contributed by atoms with Crippen LogP contribution in [0.2, 0.25) is 0 Å². The van der Waals surface area contributed by atoms with Gasteiger partial charge in [-0.05, 0) is 42.9 Å². The van der Waals surface area contributed by atoms with E-state index in [1.54, 1.807) is 0 Å². The van der Waals surface area contributed by atoms with E-state index >= 15 is 0 Å². The largest absolute Gasteiger partial charge is 0.369 e. The molecule has 2 N–H and O–H groups in total. The van der Waals surface area contributed by atoms with Crippen LogP contribution in [-0.2, 0) is 6.42 Å². The Hall–Kier alpha value is -3.34. The van der Waals surface area contributed by atoms with E-state index in [0.29, 0.717) is 11.4 Å². The number of nitrogens with two attached hydrogens (primary N) is 1. The second-order valence-electron chi connectivity index (χ2n) is 7.58. The Bertz CT molecular complexity index is 1060. The molecule has 4 rings (SSSR count). The van der Waals surface area contributed by atoms with Crippen LogP contribution in [0.4, 0.5) is 5.69 Å². The van der Waals surface area contributed by atoms with Crippen molar-refractivity contribution in [2.75, 3.05) is 18.0 Å². The number of hydrogen-bond acceptors (Lipinski definition) is 3. The Kier molecular flexibility index (Phi) is 5.21. The quantitative estimate of drug-likeness (QED) is 0.672. The van der Waals surface area contributed by atoms with Crippen LogP contribution in [0.1, 0.15) is 33.7 Å². The fraction of sp³-hybridized carbons (Fsp3) is 0.250. The van der Waals surface area contributed by atoms with Gasteiger partial charge in [0.05, 0.1) is 11.2 Å². The molecule has 0 bridgehead atoms. The highest BCUT2D eigenvalue weighted by molar-refractivity contribution is 6.14. The van der Waals surface area contributed by atoms with E-state index in [9.17, 15) is 9.59 Å². The summed E-state index contributed by atoms with van der Waals surface area (Å²) in [5.74, 6) is -0.341. The molecule has 1 aliphatic heterocycles. The third-order valence-corrected chi connectivity index (χ3v) is 5.77. The molecule has 1 amide bonds. The van der Waals surface area contributed by atoms with Crippen molar-refractivity contribution in [1.82, 2.24) is 4.57 Å². The Balaban J connectivity index is 1.66. The summed E-state index contributed by atoms with van der Waals surface area (Å²) in [5, 5.41) is 0.873. The molecule has 3 aromatic rings. The topological polar surface area (TPSA) is 68.3 Å². The predicted molar refractivity (Wildman–Crippen MR) is 116 cm³/mol. The van der Waals surface area contributed by atoms with E-state index in [2.05, 4.69) is 35.7 Å². The molecule has 1 saturated heterocycles. The number of fused-ring (bicyclic) bond motifs is 1. The lowest BCUT2D eigenvalue weighted by Gasteiger charge is -2.34. The van der Waals surface area contributed by atoms with Crippen LogP contribution in [-0.4, -0.2) is 29.5 Å². The van der Waals surface area contributed by atoms with Crippen LogP contribution in [0.15, 0.2) is 67.3 Å². The monoisotopic (exact) mass is 387 g/mol. The summed E-state index contributed by atoms with van der Waals surface area (Å²) in [7, 11) is 0. The van der Waals surface area contributed by atoms with Crippen LogP contribution in [0.5, 0.6) is 0 Å². The van der Waals surface area contributed by atoms with Gasteiger partial charge in [-0.2, -0.15) is 0 Å². The van der Waals surface area contributed by atoms with Crippen molar-refractivity contribution in [2.45, 2.75) is 19.3 Å². The number of nitrogens with zero attached hydrogens (tertiary/aromatic N) is 2. The molecule has 0 atom stereocenters. The average Bonchev–Trinajstić information content (AvgIpc) is 3.10. The maximum Gasteiger partial charge on any atom is 0.267 e. The molecule has 1 aromatic heterocycles. The summed E-state index contributed by atoms with van der Waals surface area (Å²) in [6, 6.07) is 18.1. The smallest absolute Gasteiger partial charge is 0.267 e. The van der Waals surface area contributed by atoms with E-state index < -0.39 is 5.91 Å². The molecule has 148 valence electrons. The number of benzene rings is 2. The maximum atomic E-state index is 12.5. The van der Waals surface area contributed by atoms with Crippen LogP contribution in [0.25, 0.3) is 10.9 Å². The van der Waals surface area contributed by atoms with E-state index in [1.165, 1.54) is 16.2 Å². The summed E-state index contributed by atoms with van der Waals surface area (Å²) in [6.07, 6.45) is 4.34. The van der Waals surface area contributed by atoms with Crippen LogP contribution in [0.3, 0.4) is 0 Å². The highest BCUT2D eigenvalue weighted by Gasteiger charge is 2.29. The Morgan fingerprint density at radius 3 is 2.34 bits per heavy atom.